The van der Waals surface area contributed by atoms with Crippen molar-refractivity contribution in [1.82, 2.24) is 10.2 Å². The van der Waals surface area contributed by atoms with Gasteiger partial charge in [0.1, 0.15) is 14.9 Å². The monoisotopic (exact) mass is 361 g/mol. The molecule has 0 saturated carbocycles. The number of rotatable bonds is 2. The predicted molar refractivity (Wildman–Crippen MR) is 86.9 cm³/mol. The molecule has 3 rings (SSSR count). The fourth-order valence-electron chi connectivity index (χ4n) is 2.09. The number of nitrogens with two attached hydrogens (primary N) is 1. The van der Waals surface area contributed by atoms with Gasteiger partial charge in [0.05, 0.1) is 5.39 Å². The van der Waals surface area contributed by atoms with Crippen molar-refractivity contribution in [1.29, 1.82) is 0 Å². The van der Waals surface area contributed by atoms with Crippen molar-refractivity contribution in [3.8, 4) is 11.1 Å². The summed E-state index contributed by atoms with van der Waals surface area (Å²) in [7, 11) is -3.44. The number of aromatic nitrogens is 2. The lowest BCUT2D eigenvalue weighted by atomic mass is 10.1. The van der Waals surface area contributed by atoms with Gasteiger partial charge < -0.3 is 5.73 Å². The van der Waals surface area contributed by atoms with E-state index >= 15 is 0 Å². The number of halogens is 2. The molecule has 0 spiro atoms. The number of nitrogens with one attached hydrogen (secondary N) is 1. The molecule has 0 unspecified atom stereocenters. The third kappa shape index (κ3) is 2.40. The largest absolute Gasteiger partial charge is 0.384 e. The van der Waals surface area contributed by atoms with Gasteiger partial charge in [-0.1, -0.05) is 29.3 Å². The summed E-state index contributed by atoms with van der Waals surface area (Å²) in [4.78, 5) is 0.522. The van der Waals surface area contributed by atoms with Crippen LogP contribution in [0.1, 0.15) is 0 Å². The van der Waals surface area contributed by atoms with Crippen LogP contribution in [0.2, 0.25) is 10.0 Å². The summed E-state index contributed by atoms with van der Waals surface area (Å²) in [6, 6.07) is 4.88. The number of benzene rings is 1. The first-order chi connectivity index (χ1) is 9.79. The molecule has 0 aliphatic heterocycles. The standard InChI is InChI=1S/C12H9Cl2N3O2S2/c1-21(18,19)12-8(6-3-2-5(13)4-7(6)14)9-10(15)16-17-11(9)20-12/h2-4H,1H3,(H3,15,16,17). The normalized spacial score (nSPS) is 12.1. The molecule has 0 amide bonds. The van der Waals surface area contributed by atoms with Gasteiger partial charge in [0.25, 0.3) is 0 Å². The Bertz CT molecular complexity index is 960. The van der Waals surface area contributed by atoms with Gasteiger partial charge in [0, 0.05) is 27.4 Å². The van der Waals surface area contributed by atoms with Crippen molar-refractivity contribution in [3.63, 3.8) is 0 Å². The van der Waals surface area contributed by atoms with E-state index in [1.165, 1.54) is 0 Å². The van der Waals surface area contributed by atoms with Crippen LogP contribution in [0.15, 0.2) is 22.4 Å². The second-order valence-corrected chi connectivity index (χ2v) is 8.53. The highest BCUT2D eigenvalue weighted by atomic mass is 35.5. The summed E-state index contributed by atoms with van der Waals surface area (Å²) in [5.41, 5.74) is 6.90. The number of hydrogen-bond donors (Lipinski definition) is 2. The van der Waals surface area contributed by atoms with Gasteiger partial charge >= 0.3 is 0 Å². The van der Waals surface area contributed by atoms with E-state index in [1.807, 2.05) is 0 Å². The molecule has 21 heavy (non-hydrogen) atoms. The van der Waals surface area contributed by atoms with E-state index in [4.69, 9.17) is 28.9 Å². The second-order valence-electron chi connectivity index (χ2n) is 4.48. The summed E-state index contributed by atoms with van der Waals surface area (Å²) in [6.07, 6.45) is 1.14. The molecule has 2 heterocycles. The Morgan fingerprint density at radius 1 is 1.33 bits per heavy atom. The van der Waals surface area contributed by atoms with E-state index in [0.29, 0.717) is 37.2 Å². The van der Waals surface area contributed by atoms with Gasteiger partial charge in [0.2, 0.25) is 0 Å². The maximum atomic E-state index is 12.0. The van der Waals surface area contributed by atoms with Crippen LogP contribution >= 0.6 is 34.5 Å². The quantitative estimate of drug-likeness (QED) is 0.729. The zero-order chi connectivity index (χ0) is 15.4. The molecule has 3 N–H and O–H groups in total. The van der Waals surface area contributed by atoms with Crippen LogP contribution in [0.5, 0.6) is 0 Å². The number of sulfone groups is 1. The third-order valence-corrected chi connectivity index (χ3v) is 6.40. The van der Waals surface area contributed by atoms with Gasteiger partial charge in [-0.25, -0.2) is 8.42 Å². The molecule has 3 aromatic rings. The zero-order valence-electron chi connectivity index (χ0n) is 10.6. The summed E-state index contributed by atoms with van der Waals surface area (Å²) >= 11 is 13.2. The van der Waals surface area contributed by atoms with E-state index in [2.05, 4.69) is 10.2 Å². The van der Waals surface area contributed by atoms with Crippen molar-refractivity contribution < 1.29 is 8.42 Å². The summed E-state index contributed by atoms with van der Waals surface area (Å²) in [5, 5.41) is 8.05. The Kier molecular flexibility index (Phi) is 3.40. The van der Waals surface area contributed by atoms with Crippen LogP contribution in [0, 0.1) is 0 Å². The number of hydrogen-bond acceptors (Lipinski definition) is 5. The molecule has 0 aliphatic carbocycles. The highest BCUT2D eigenvalue weighted by Gasteiger charge is 2.26. The van der Waals surface area contributed by atoms with Crippen LogP contribution in [-0.4, -0.2) is 24.9 Å². The first-order valence-corrected chi connectivity index (χ1v) is 9.17. The molecule has 2 aromatic heterocycles. The van der Waals surface area contributed by atoms with Crippen LogP contribution in [-0.2, 0) is 9.84 Å². The second kappa shape index (κ2) is 4.88. The molecule has 110 valence electrons. The van der Waals surface area contributed by atoms with Gasteiger partial charge in [0.15, 0.2) is 9.84 Å². The van der Waals surface area contributed by atoms with Crippen molar-refractivity contribution >= 4 is 60.4 Å². The topological polar surface area (TPSA) is 88.8 Å². The van der Waals surface area contributed by atoms with Gasteiger partial charge in [-0.3, -0.25) is 5.10 Å². The summed E-state index contributed by atoms with van der Waals surface area (Å²) < 4.78 is 24.3. The molecule has 1 aromatic carbocycles. The Morgan fingerprint density at radius 2 is 2.05 bits per heavy atom. The first-order valence-electron chi connectivity index (χ1n) is 5.71. The number of anilines is 1. The van der Waals surface area contributed by atoms with Crippen LogP contribution in [0.25, 0.3) is 21.3 Å². The molecular formula is C12H9Cl2N3O2S2. The van der Waals surface area contributed by atoms with Gasteiger partial charge in [-0.05, 0) is 12.1 Å². The average Bonchev–Trinajstić information content (AvgIpc) is 2.90. The van der Waals surface area contributed by atoms with Crippen LogP contribution in [0.4, 0.5) is 5.82 Å². The highest BCUT2D eigenvalue weighted by Crippen LogP contribution is 2.45. The Labute approximate surface area is 134 Å². The molecule has 0 radical (unpaired) electrons. The zero-order valence-corrected chi connectivity index (χ0v) is 13.8. The van der Waals surface area contributed by atoms with Crippen molar-refractivity contribution in [2.45, 2.75) is 4.21 Å². The Hall–Kier alpha value is -1.28. The minimum absolute atomic E-state index is 0.185. The maximum absolute atomic E-state index is 12.0. The number of H-pyrrole nitrogens is 1. The molecule has 0 aliphatic rings. The minimum atomic E-state index is -3.44. The van der Waals surface area contributed by atoms with Crippen LogP contribution in [0.3, 0.4) is 0 Å². The summed E-state index contributed by atoms with van der Waals surface area (Å²) in [5.74, 6) is 0.303. The number of thiophene rings is 1. The Balaban J connectivity index is 2.46. The van der Waals surface area contributed by atoms with Crippen molar-refractivity contribution in [3.05, 3.63) is 28.2 Å². The molecule has 0 bridgehead atoms. The number of fused-ring (bicyclic) bond motifs is 1. The van der Waals surface area contributed by atoms with Crippen LogP contribution < -0.4 is 5.73 Å². The van der Waals surface area contributed by atoms with Gasteiger partial charge in [-0.15, -0.1) is 11.3 Å². The number of aromatic amines is 1. The average molecular weight is 362 g/mol. The minimum Gasteiger partial charge on any atom is -0.384 e. The van der Waals surface area contributed by atoms with Gasteiger partial charge in [-0.2, -0.15) is 5.10 Å². The molecule has 9 heteroatoms. The highest BCUT2D eigenvalue weighted by molar-refractivity contribution is 7.93. The number of nitrogens with zero attached hydrogens (tertiary/aromatic N) is 1. The lowest BCUT2D eigenvalue weighted by molar-refractivity contribution is 0.604. The van der Waals surface area contributed by atoms with E-state index in [1.54, 1.807) is 18.2 Å². The lowest BCUT2D eigenvalue weighted by Gasteiger charge is -2.06. The fraction of sp³-hybridized carbons (Fsp3) is 0.0833. The predicted octanol–water partition coefficient (Wildman–Crippen LogP) is 3.58. The van der Waals surface area contributed by atoms with Crippen molar-refractivity contribution in [2.75, 3.05) is 12.0 Å². The van der Waals surface area contributed by atoms with E-state index in [-0.39, 0.29) is 4.21 Å². The first kappa shape index (κ1) is 14.6. The molecule has 5 nitrogen and oxygen atoms in total. The molecule has 0 fully saturated rings. The smallest absolute Gasteiger partial charge is 0.185 e. The molecule has 0 saturated heterocycles. The fourth-order valence-corrected chi connectivity index (χ4v) is 4.92. The van der Waals surface area contributed by atoms with E-state index < -0.39 is 9.84 Å². The summed E-state index contributed by atoms with van der Waals surface area (Å²) in [6.45, 7) is 0. The molecular weight excluding hydrogens is 353 g/mol. The SMILES string of the molecule is CS(=O)(=O)c1sc2n[nH]c(N)c2c1-c1ccc(Cl)cc1Cl. The lowest BCUT2D eigenvalue weighted by Crippen LogP contribution is -1.97. The third-order valence-electron chi connectivity index (χ3n) is 2.94. The van der Waals surface area contributed by atoms with E-state index in [9.17, 15) is 8.42 Å². The maximum Gasteiger partial charge on any atom is 0.185 e. The molecule has 0 atom stereocenters. The number of nitrogen functional groups attached to an aromatic ring is 1. The Morgan fingerprint density at radius 3 is 2.67 bits per heavy atom. The van der Waals surface area contributed by atoms with E-state index in [0.717, 1.165) is 17.6 Å². The van der Waals surface area contributed by atoms with Crippen molar-refractivity contribution in [2.24, 2.45) is 0 Å².